The van der Waals surface area contributed by atoms with Gasteiger partial charge in [0.15, 0.2) is 0 Å². The maximum absolute atomic E-state index is 11.7. The molecule has 1 amide bonds. The standard InChI is InChI=1S/C11H14BrNO2/c12-10-4-1-6-13(11(10)14)7-5-9-3-2-8-15-9/h2-3,8,10H,1,4-7H2. The number of furan rings is 1. The topological polar surface area (TPSA) is 33.5 Å². The Hall–Kier alpha value is -0.770. The van der Waals surface area contributed by atoms with E-state index < -0.39 is 0 Å². The lowest BCUT2D eigenvalue weighted by Gasteiger charge is -2.29. The van der Waals surface area contributed by atoms with E-state index in [0.717, 1.165) is 38.1 Å². The summed E-state index contributed by atoms with van der Waals surface area (Å²) in [5.41, 5.74) is 0. The van der Waals surface area contributed by atoms with Crippen LogP contribution in [0.1, 0.15) is 18.6 Å². The summed E-state index contributed by atoms with van der Waals surface area (Å²) < 4.78 is 5.24. The molecule has 2 rings (SSSR count). The van der Waals surface area contributed by atoms with Crippen molar-refractivity contribution in [1.29, 1.82) is 0 Å². The molecule has 0 aliphatic carbocycles. The average Bonchev–Trinajstić information content (AvgIpc) is 2.73. The van der Waals surface area contributed by atoms with Crippen molar-refractivity contribution >= 4 is 21.8 Å². The van der Waals surface area contributed by atoms with Crippen LogP contribution in [0.2, 0.25) is 0 Å². The van der Waals surface area contributed by atoms with Gasteiger partial charge in [0.1, 0.15) is 5.76 Å². The summed E-state index contributed by atoms with van der Waals surface area (Å²) >= 11 is 3.40. The van der Waals surface area contributed by atoms with Gasteiger partial charge >= 0.3 is 0 Å². The van der Waals surface area contributed by atoms with Crippen molar-refractivity contribution in [3.63, 3.8) is 0 Å². The molecule has 1 aliphatic rings. The van der Waals surface area contributed by atoms with Gasteiger partial charge in [-0.05, 0) is 25.0 Å². The molecule has 2 heterocycles. The summed E-state index contributed by atoms with van der Waals surface area (Å²) in [6.07, 6.45) is 4.51. The molecule has 3 nitrogen and oxygen atoms in total. The van der Waals surface area contributed by atoms with E-state index in [0.29, 0.717) is 0 Å². The van der Waals surface area contributed by atoms with E-state index in [-0.39, 0.29) is 10.7 Å². The van der Waals surface area contributed by atoms with Gasteiger partial charge in [-0.2, -0.15) is 0 Å². The van der Waals surface area contributed by atoms with Crippen LogP contribution in [-0.2, 0) is 11.2 Å². The zero-order chi connectivity index (χ0) is 10.7. The van der Waals surface area contributed by atoms with Crippen molar-refractivity contribution in [1.82, 2.24) is 4.90 Å². The number of alkyl halides is 1. The lowest BCUT2D eigenvalue weighted by molar-refractivity contribution is -0.132. The van der Waals surface area contributed by atoms with Gasteiger partial charge in [0.25, 0.3) is 0 Å². The zero-order valence-electron chi connectivity index (χ0n) is 8.49. The van der Waals surface area contributed by atoms with E-state index in [1.807, 2.05) is 17.0 Å². The second-order valence-corrected chi connectivity index (χ2v) is 4.87. The fourth-order valence-corrected chi connectivity index (χ4v) is 2.43. The van der Waals surface area contributed by atoms with E-state index in [4.69, 9.17) is 4.42 Å². The number of rotatable bonds is 3. The molecule has 0 bridgehead atoms. The van der Waals surface area contributed by atoms with Crippen molar-refractivity contribution in [2.24, 2.45) is 0 Å². The first-order valence-corrected chi connectivity index (χ1v) is 6.14. The molecule has 0 radical (unpaired) electrons. The van der Waals surface area contributed by atoms with Gasteiger partial charge in [-0.15, -0.1) is 0 Å². The van der Waals surface area contributed by atoms with Gasteiger partial charge in [-0.1, -0.05) is 15.9 Å². The molecule has 0 saturated carbocycles. The van der Waals surface area contributed by atoms with Crippen LogP contribution in [0.15, 0.2) is 22.8 Å². The Morgan fingerprint density at radius 3 is 3.20 bits per heavy atom. The van der Waals surface area contributed by atoms with Gasteiger partial charge in [-0.25, -0.2) is 0 Å². The Morgan fingerprint density at radius 2 is 2.47 bits per heavy atom. The summed E-state index contributed by atoms with van der Waals surface area (Å²) in [6, 6.07) is 3.82. The lowest BCUT2D eigenvalue weighted by atomic mass is 10.1. The molecular formula is C11H14BrNO2. The van der Waals surface area contributed by atoms with Gasteiger partial charge in [0.05, 0.1) is 11.1 Å². The molecule has 4 heteroatoms. The second-order valence-electron chi connectivity index (χ2n) is 3.76. The van der Waals surface area contributed by atoms with E-state index in [2.05, 4.69) is 15.9 Å². The van der Waals surface area contributed by atoms with Gasteiger partial charge in [0.2, 0.25) is 5.91 Å². The molecule has 1 aromatic rings. The summed E-state index contributed by atoms with van der Waals surface area (Å²) in [7, 11) is 0. The minimum Gasteiger partial charge on any atom is -0.469 e. The molecule has 0 spiro atoms. The normalized spacial score (nSPS) is 22.1. The second kappa shape index (κ2) is 4.84. The molecule has 82 valence electrons. The molecule has 1 aromatic heterocycles. The highest BCUT2D eigenvalue weighted by Crippen LogP contribution is 2.18. The van der Waals surface area contributed by atoms with Crippen LogP contribution in [0.5, 0.6) is 0 Å². The maximum atomic E-state index is 11.7. The first-order chi connectivity index (χ1) is 7.27. The molecule has 1 fully saturated rings. The van der Waals surface area contributed by atoms with Crippen LogP contribution >= 0.6 is 15.9 Å². The number of carbonyl (C=O) groups excluding carboxylic acids is 1. The van der Waals surface area contributed by atoms with Crippen LogP contribution in [0.3, 0.4) is 0 Å². The Kier molecular flexibility index (Phi) is 3.46. The third-order valence-corrected chi connectivity index (χ3v) is 3.52. The van der Waals surface area contributed by atoms with Gasteiger partial charge in [0, 0.05) is 19.5 Å². The van der Waals surface area contributed by atoms with Crippen LogP contribution in [-0.4, -0.2) is 28.7 Å². The number of nitrogens with zero attached hydrogens (tertiary/aromatic N) is 1. The van der Waals surface area contributed by atoms with Crippen molar-refractivity contribution in [3.05, 3.63) is 24.2 Å². The zero-order valence-corrected chi connectivity index (χ0v) is 10.1. The summed E-state index contributed by atoms with van der Waals surface area (Å²) in [4.78, 5) is 13.7. The predicted molar refractivity (Wildman–Crippen MR) is 60.9 cm³/mol. The lowest BCUT2D eigenvalue weighted by Crippen LogP contribution is -2.42. The molecule has 0 N–H and O–H groups in total. The number of piperidine rings is 1. The Labute approximate surface area is 97.6 Å². The highest BCUT2D eigenvalue weighted by Gasteiger charge is 2.25. The molecule has 0 aromatic carbocycles. The largest absolute Gasteiger partial charge is 0.469 e. The highest BCUT2D eigenvalue weighted by molar-refractivity contribution is 9.10. The molecule has 1 aliphatic heterocycles. The molecule has 1 atom stereocenters. The van der Waals surface area contributed by atoms with Crippen LogP contribution in [0.4, 0.5) is 0 Å². The fourth-order valence-electron chi connectivity index (χ4n) is 1.82. The monoisotopic (exact) mass is 271 g/mol. The Morgan fingerprint density at radius 1 is 1.60 bits per heavy atom. The fraction of sp³-hybridized carbons (Fsp3) is 0.545. The summed E-state index contributed by atoms with van der Waals surface area (Å²) in [6.45, 7) is 1.64. The van der Waals surface area contributed by atoms with Crippen LogP contribution in [0, 0.1) is 0 Å². The summed E-state index contributed by atoms with van der Waals surface area (Å²) in [5, 5.41) is 0. The minimum absolute atomic E-state index is 0.0165. The Balaban J connectivity index is 1.86. The predicted octanol–water partition coefficient (Wildman–Crippen LogP) is 2.21. The van der Waals surface area contributed by atoms with Crippen molar-refractivity contribution < 1.29 is 9.21 Å². The van der Waals surface area contributed by atoms with E-state index in [9.17, 15) is 4.79 Å². The molecule has 1 saturated heterocycles. The highest BCUT2D eigenvalue weighted by atomic mass is 79.9. The first kappa shape index (κ1) is 10.7. The van der Waals surface area contributed by atoms with Crippen molar-refractivity contribution in [2.45, 2.75) is 24.1 Å². The molecular weight excluding hydrogens is 258 g/mol. The van der Waals surface area contributed by atoms with Gasteiger partial charge < -0.3 is 9.32 Å². The number of amides is 1. The number of carbonyl (C=O) groups is 1. The Bertz CT molecular complexity index is 323. The van der Waals surface area contributed by atoms with Crippen LogP contribution in [0.25, 0.3) is 0 Å². The maximum Gasteiger partial charge on any atom is 0.236 e. The molecule has 1 unspecified atom stereocenters. The third-order valence-electron chi connectivity index (χ3n) is 2.67. The number of hydrogen-bond acceptors (Lipinski definition) is 2. The van der Waals surface area contributed by atoms with E-state index in [1.165, 1.54) is 0 Å². The quantitative estimate of drug-likeness (QED) is 0.790. The number of likely N-dealkylation sites (tertiary alicyclic amines) is 1. The first-order valence-electron chi connectivity index (χ1n) is 5.22. The van der Waals surface area contributed by atoms with E-state index >= 15 is 0 Å². The van der Waals surface area contributed by atoms with E-state index in [1.54, 1.807) is 6.26 Å². The average molecular weight is 272 g/mol. The number of halogens is 1. The van der Waals surface area contributed by atoms with Crippen molar-refractivity contribution in [3.8, 4) is 0 Å². The number of hydrogen-bond donors (Lipinski definition) is 0. The minimum atomic E-state index is 0.0165. The van der Waals surface area contributed by atoms with Gasteiger partial charge in [-0.3, -0.25) is 4.79 Å². The summed E-state index contributed by atoms with van der Waals surface area (Å²) in [5.74, 6) is 1.16. The van der Waals surface area contributed by atoms with Crippen LogP contribution < -0.4 is 0 Å². The SMILES string of the molecule is O=C1C(Br)CCCN1CCc1ccco1. The molecule has 15 heavy (non-hydrogen) atoms. The van der Waals surface area contributed by atoms with Crippen molar-refractivity contribution in [2.75, 3.05) is 13.1 Å². The smallest absolute Gasteiger partial charge is 0.236 e. The third kappa shape index (κ3) is 2.62.